The molecule has 0 aliphatic carbocycles. The summed E-state index contributed by atoms with van der Waals surface area (Å²) in [5.41, 5.74) is 1.23. The highest BCUT2D eigenvalue weighted by Crippen LogP contribution is 2.35. The Morgan fingerprint density at radius 3 is 2.06 bits per heavy atom. The zero-order valence-electron chi connectivity index (χ0n) is 20.0. The van der Waals surface area contributed by atoms with Crippen molar-refractivity contribution in [3.63, 3.8) is 0 Å². The molecule has 0 unspecified atom stereocenters. The molecule has 0 saturated heterocycles. The molecule has 34 heavy (non-hydrogen) atoms. The van der Waals surface area contributed by atoms with Gasteiger partial charge in [-0.1, -0.05) is 52.7 Å². The Kier molecular flexibility index (Phi) is 8.02. The molecule has 2 aromatic carbocycles. The number of nitrogens with zero attached hydrogens (tertiary/aromatic N) is 2. The molecule has 0 radical (unpaired) electrons. The monoisotopic (exact) mass is 472 g/mol. The average molecular weight is 473 g/mol. The van der Waals surface area contributed by atoms with Crippen molar-refractivity contribution >= 4 is 23.1 Å². The molecule has 1 aromatic heterocycles. The molecule has 1 heterocycles. The van der Waals surface area contributed by atoms with Crippen molar-refractivity contribution in [1.82, 2.24) is 9.97 Å². The number of rotatable bonds is 9. The Labute approximate surface area is 198 Å². The van der Waals surface area contributed by atoms with Crippen LogP contribution in [0.25, 0.3) is 0 Å². The first-order chi connectivity index (χ1) is 16.1. The highest BCUT2D eigenvalue weighted by atomic mass is 19.4. The van der Waals surface area contributed by atoms with Gasteiger partial charge < -0.3 is 15.4 Å². The second kappa shape index (κ2) is 10.8. The lowest BCUT2D eigenvalue weighted by molar-refractivity contribution is -0.137. The van der Waals surface area contributed by atoms with Gasteiger partial charge in [-0.2, -0.15) is 18.2 Å². The zero-order valence-corrected chi connectivity index (χ0v) is 20.0. The maximum atomic E-state index is 13.6. The number of nitrogens with one attached hydrogen (secondary N) is 2. The van der Waals surface area contributed by atoms with Gasteiger partial charge in [0.2, 0.25) is 5.95 Å². The van der Waals surface area contributed by atoms with E-state index >= 15 is 0 Å². The zero-order chi connectivity index (χ0) is 24.8. The van der Waals surface area contributed by atoms with Crippen molar-refractivity contribution in [3.8, 4) is 5.75 Å². The van der Waals surface area contributed by atoms with Crippen molar-refractivity contribution in [1.29, 1.82) is 0 Å². The molecule has 182 valence electrons. The molecule has 0 amide bonds. The number of hydrogen-bond acceptors (Lipinski definition) is 5. The van der Waals surface area contributed by atoms with Gasteiger partial charge >= 0.3 is 6.18 Å². The summed E-state index contributed by atoms with van der Waals surface area (Å²) in [6.07, 6.45) is -0.583. The molecule has 0 spiro atoms. The molecular formula is C26H31F3N4O. The lowest BCUT2D eigenvalue weighted by atomic mass is 9.87. The molecule has 5 nitrogen and oxygen atoms in total. The number of alkyl halides is 3. The summed E-state index contributed by atoms with van der Waals surface area (Å²) in [6, 6.07) is 14.4. The van der Waals surface area contributed by atoms with E-state index in [0.29, 0.717) is 18.0 Å². The van der Waals surface area contributed by atoms with Gasteiger partial charge in [0.15, 0.2) is 0 Å². The molecular weight excluding hydrogens is 441 g/mol. The normalized spacial score (nSPS) is 11.9. The number of ether oxygens (including phenoxy) is 1. The van der Waals surface area contributed by atoms with E-state index in [4.69, 9.17) is 4.74 Å². The number of aromatic nitrogens is 2. The standard InChI is InChI=1S/C26H31F3N4O/c1-5-6-7-16-34-21-14-12-20(13-15-21)32-24-30-17-22(26(27,28)29)23(33-24)31-19-10-8-18(9-11-19)25(2,3)4/h8-15,17H,5-7,16H2,1-4H3,(H2,30,31,32,33). The summed E-state index contributed by atoms with van der Waals surface area (Å²) >= 11 is 0. The molecule has 0 atom stereocenters. The molecule has 0 aliphatic rings. The number of hydrogen-bond donors (Lipinski definition) is 2. The first-order valence-electron chi connectivity index (χ1n) is 11.4. The van der Waals surface area contributed by atoms with Crippen LogP contribution in [0.15, 0.2) is 54.7 Å². The topological polar surface area (TPSA) is 59.1 Å². The van der Waals surface area contributed by atoms with Crippen LogP contribution in [0.2, 0.25) is 0 Å². The summed E-state index contributed by atoms with van der Waals surface area (Å²) < 4.78 is 46.4. The first-order valence-corrected chi connectivity index (χ1v) is 11.4. The van der Waals surface area contributed by atoms with Crippen LogP contribution in [-0.4, -0.2) is 16.6 Å². The highest BCUT2D eigenvalue weighted by molar-refractivity contribution is 5.63. The Bertz CT molecular complexity index is 1060. The van der Waals surface area contributed by atoms with Crippen molar-refractivity contribution in [3.05, 3.63) is 65.9 Å². The maximum absolute atomic E-state index is 13.6. The molecule has 0 bridgehead atoms. The number of halogens is 3. The molecule has 3 rings (SSSR count). The third-order valence-corrected chi connectivity index (χ3v) is 5.23. The fourth-order valence-corrected chi connectivity index (χ4v) is 3.24. The summed E-state index contributed by atoms with van der Waals surface area (Å²) in [5, 5.41) is 5.75. The van der Waals surface area contributed by atoms with E-state index in [1.165, 1.54) is 0 Å². The van der Waals surface area contributed by atoms with Crippen molar-refractivity contribution in [2.24, 2.45) is 0 Å². The second-order valence-corrected chi connectivity index (χ2v) is 9.11. The van der Waals surface area contributed by atoms with Crippen LogP contribution < -0.4 is 15.4 Å². The summed E-state index contributed by atoms with van der Waals surface area (Å²) in [6.45, 7) is 9.00. The van der Waals surface area contributed by atoms with Crippen molar-refractivity contribution in [2.75, 3.05) is 17.2 Å². The van der Waals surface area contributed by atoms with Crippen LogP contribution in [0.5, 0.6) is 5.75 Å². The molecule has 0 aliphatic heterocycles. The third kappa shape index (κ3) is 7.10. The fourth-order valence-electron chi connectivity index (χ4n) is 3.24. The third-order valence-electron chi connectivity index (χ3n) is 5.23. The Morgan fingerprint density at radius 2 is 1.47 bits per heavy atom. The molecule has 0 saturated carbocycles. The number of anilines is 4. The van der Waals surface area contributed by atoms with Gasteiger partial charge in [-0.15, -0.1) is 0 Å². The van der Waals surface area contributed by atoms with Gasteiger partial charge in [-0.05, 0) is 53.8 Å². The van der Waals surface area contributed by atoms with Crippen LogP contribution in [0.4, 0.5) is 36.3 Å². The van der Waals surface area contributed by atoms with Gasteiger partial charge in [0.1, 0.15) is 17.1 Å². The van der Waals surface area contributed by atoms with E-state index in [2.05, 4.69) is 48.3 Å². The van der Waals surface area contributed by atoms with Crippen LogP contribution in [-0.2, 0) is 11.6 Å². The fraction of sp³-hybridized carbons (Fsp3) is 0.385. The van der Waals surface area contributed by atoms with Gasteiger partial charge in [-0.3, -0.25) is 0 Å². The van der Waals surface area contributed by atoms with Crippen molar-refractivity contribution < 1.29 is 17.9 Å². The molecule has 8 heteroatoms. The quantitative estimate of drug-likeness (QED) is 0.311. The van der Waals surface area contributed by atoms with Crippen LogP contribution >= 0.6 is 0 Å². The van der Waals surface area contributed by atoms with Crippen LogP contribution in [0, 0.1) is 0 Å². The predicted octanol–water partition coefficient (Wildman–Crippen LogP) is 7.85. The minimum absolute atomic E-state index is 0.0541. The van der Waals surface area contributed by atoms with E-state index in [-0.39, 0.29) is 17.2 Å². The smallest absolute Gasteiger partial charge is 0.421 e. The van der Waals surface area contributed by atoms with Crippen LogP contribution in [0.3, 0.4) is 0 Å². The van der Waals surface area contributed by atoms with E-state index in [1.807, 2.05) is 12.1 Å². The van der Waals surface area contributed by atoms with Gasteiger partial charge in [0, 0.05) is 17.6 Å². The minimum Gasteiger partial charge on any atom is -0.494 e. The SMILES string of the molecule is CCCCCOc1ccc(Nc2ncc(C(F)(F)F)c(Nc3ccc(C(C)(C)C)cc3)n2)cc1. The Hall–Kier alpha value is -3.29. The average Bonchev–Trinajstić information content (AvgIpc) is 2.77. The molecule has 0 fully saturated rings. The van der Waals surface area contributed by atoms with E-state index < -0.39 is 11.7 Å². The second-order valence-electron chi connectivity index (χ2n) is 9.11. The highest BCUT2D eigenvalue weighted by Gasteiger charge is 2.35. The lowest BCUT2D eigenvalue weighted by Gasteiger charge is -2.20. The Balaban J connectivity index is 1.76. The van der Waals surface area contributed by atoms with Gasteiger partial charge in [0.05, 0.1) is 6.61 Å². The Morgan fingerprint density at radius 1 is 0.853 bits per heavy atom. The predicted molar refractivity (Wildman–Crippen MR) is 130 cm³/mol. The minimum atomic E-state index is -4.59. The van der Waals surface area contributed by atoms with E-state index in [1.54, 1.807) is 36.4 Å². The maximum Gasteiger partial charge on any atom is 0.421 e. The molecule has 2 N–H and O–H groups in total. The van der Waals surface area contributed by atoms with Gasteiger partial charge in [-0.25, -0.2) is 4.98 Å². The number of benzene rings is 2. The molecule has 3 aromatic rings. The number of unbranched alkanes of at least 4 members (excludes halogenated alkanes) is 2. The lowest BCUT2D eigenvalue weighted by Crippen LogP contribution is -2.13. The summed E-state index contributed by atoms with van der Waals surface area (Å²) in [4.78, 5) is 7.98. The van der Waals surface area contributed by atoms with E-state index in [0.717, 1.165) is 36.8 Å². The first kappa shape index (κ1) is 25.3. The largest absolute Gasteiger partial charge is 0.494 e. The summed E-state index contributed by atoms with van der Waals surface area (Å²) in [7, 11) is 0. The van der Waals surface area contributed by atoms with Crippen molar-refractivity contribution in [2.45, 2.75) is 58.5 Å². The van der Waals surface area contributed by atoms with Gasteiger partial charge in [0.25, 0.3) is 0 Å². The summed E-state index contributed by atoms with van der Waals surface area (Å²) in [5.74, 6) is 0.471. The van der Waals surface area contributed by atoms with E-state index in [9.17, 15) is 13.2 Å². The van der Waals surface area contributed by atoms with Crippen LogP contribution in [0.1, 0.15) is 58.1 Å².